The molecule has 0 aromatic heterocycles. The predicted molar refractivity (Wildman–Crippen MR) is 93.8 cm³/mol. The monoisotopic (exact) mass is 664 g/mol. The molecule has 3 aliphatic heterocycles. The third-order valence-electron chi connectivity index (χ3n) is 6.70. The zero-order valence-electron chi connectivity index (χ0n) is 21.1. The highest BCUT2D eigenvalue weighted by molar-refractivity contribution is 5.21. The topological polar surface area (TPSA) is 55.4 Å². The summed E-state index contributed by atoms with van der Waals surface area (Å²) in [6.07, 6.45) is -19.1. The van der Waals surface area contributed by atoms with Crippen molar-refractivity contribution in [2.45, 2.75) is 118 Å². The van der Waals surface area contributed by atoms with Gasteiger partial charge in [-0.15, -0.1) is 8.78 Å². The predicted octanol–water partition coefficient (Wildman–Crippen LogP) is 7.02. The highest BCUT2D eigenvalue weighted by atomic mass is 19.4. The normalized spacial score (nSPS) is 49.0. The van der Waals surface area contributed by atoms with Gasteiger partial charge in [0.2, 0.25) is 0 Å². The molecule has 3 heterocycles. The van der Waals surface area contributed by atoms with Crippen LogP contribution < -0.4 is 0 Å². The van der Waals surface area contributed by atoms with Gasteiger partial charge in [0.05, 0.1) is 6.42 Å². The van der Waals surface area contributed by atoms with Crippen molar-refractivity contribution in [2.75, 3.05) is 0 Å². The average molecular weight is 664 g/mol. The molecule has 1 saturated carbocycles. The van der Waals surface area contributed by atoms with Crippen molar-refractivity contribution >= 4 is 0 Å². The van der Waals surface area contributed by atoms with E-state index >= 15 is 0 Å². The lowest BCUT2D eigenvalue weighted by molar-refractivity contribution is -0.637. The Morgan fingerprint density at radius 3 is 0.976 bits per heavy atom. The molecule has 0 N–H and O–H groups in total. The third kappa shape index (κ3) is 4.30. The molecular weight excluding hydrogens is 647 g/mol. The first-order chi connectivity index (χ1) is 17.9. The fraction of sp³-hybridized carbons (Fsp3) is 1.00. The van der Waals surface area contributed by atoms with E-state index in [1.807, 2.05) is 0 Å². The van der Waals surface area contributed by atoms with E-state index in [1.165, 1.54) is 0 Å². The molecule has 4 fully saturated rings. The first-order valence-corrected chi connectivity index (χ1v) is 10.9. The van der Waals surface area contributed by atoms with E-state index < -0.39 is 83.4 Å². The van der Waals surface area contributed by atoms with Gasteiger partial charge in [-0.3, -0.25) is 18.9 Å². The summed E-state index contributed by atoms with van der Waals surface area (Å²) in [6, 6.07) is 0. The number of hydrogen-bond acceptors (Lipinski definition) is 6. The third-order valence-corrected chi connectivity index (χ3v) is 6.70. The molecule has 0 aromatic carbocycles. The number of halogens is 17. The summed E-state index contributed by atoms with van der Waals surface area (Å²) in [5, 5.41) is 0. The fourth-order valence-corrected chi connectivity index (χ4v) is 4.10. The van der Waals surface area contributed by atoms with Crippen molar-refractivity contribution in [3.05, 3.63) is 0 Å². The molecule has 5 atom stereocenters. The van der Waals surface area contributed by atoms with Gasteiger partial charge in [0.25, 0.3) is 29.2 Å². The SMILES string of the molecule is CC1(F)CC(F)(F)C(F)(F)C(F)(F)C12OC(C)(F)C(C)(F)O2.CC1(F)OC2(OC1(C)F)C(F)(F)OC(F)(F)OC2(F)F. The number of alkyl halides is 17. The molecule has 6 nitrogen and oxygen atoms in total. The zero-order chi connectivity index (χ0) is 33.4. The van der Waals surface area contributed by atoms with Gasteiger partial charge < -0.3 is 0 Å². The Hall–Kier alpha value is -1.43. The van der Waals surface area contributed by atoms with Crippen LogP contribution in [0.5, 0.6) is 0 Å². The Kier molecular flexibility index (Phi) is 7.03. The Bertz CT molecular complexity index is 1050. The van der Waals surface area contributed by atoms with Gasteiger partial charge in [-0.05, 0) is 6.92 Å². The molecule has 0 amide bonds. The second kappa shape index (κ2) is 8.43. The van der Waals surface area contributed by atoms with Crippen molar-refractivity contribution in [1.82, 2.24) is 0 Å². The quantitative estimate of drug-likeness (QED) is 0.260. The van der Waals surface area contributed by atoms with Gasteiger partial charge in [0.1, 0.15) is 0 Å². The largest absolute Gasteiger partial charge is 0.495 e. The molecule has 4 rings (SSSR count). The highest BCUT2D eigenvalue weighted by Gasteiger charge is 2.93. The van der Waals surface area contributed by atoms with Gasteiger partial charge in [0.15, 0.2) is 5.67 Å². The molecular formula is C19H17F17O6. The van der Waals surface area contributed by atoms with Crippen LogP contribution in [0.1, 0.15) is 41.0 Å². The van der Waals surface area contributed by atoms with Crippen molar-refractivity contribution in [1.29, 1.82) is 0 Å². The number of hydrogen-bond donors (Lipinski definition) is 0. The maximum Gasteiger partial charge on any atom is 0.495 e. The number of ether oxygens (including phenoxy) is 6. The van der Waals surface area contributed by atoms with E-state index in [2.05, 4.69) is 28.4 Å². The molecule has 5 unspecified atom stereocenters. The second-order valence-electron chi connectivity index (χ2n) is 10.2. The molecule has 3 saturated heterocycles. The van der Waals surface area contributed by atoms with Crippen LogP contribution in [0.15, 0.2) is 0 Å². The molecule has 2 spiro atoms. The summed E-state index contributed by atoms with van der Waals surface area (Å²) in [5.74, 6) is -42.3. The van der Waals surface area contributed by atoms with E-state index in [0.717, 1.165) is 0 Å². The van der Waals surface area contributed by atoms with E-state index in [-0.39, 0.29) is 34.6 Å². The van der Waals surface area contributed by atoms with Crippen LogP contribution in [0.25, 0.3) is 0 Å². The lowest BCUT2D eigenvalue weighted by Gasteiger charge is -2.52. The molecule has 42 heavy (non-hydrogen) atoms. The van der Waals surface area contributed by atoms with Crippen molar-refractivity contribution in [3.8, 4) is 0 Å². The molecule has 23 heteroatoms. The maximum atomic E-state index is 14.4. The van der Waals surface area contributed by atoms with Crippen LogP contribution in [0.2, 0.25) is 0 Å². The van der Waals surface area contributed by atoms with Crippen LogP contribution in [0.4, 0.5) is 74.6 Å². The minimum Gasteiger partial charge on any atom is -0.300 e. The summed E-state index contributed by atoms with van der Waals surface area (Å²) in [6.45, 7) is 0.723. The van der Waals surface area contributed by atoms with E-state index in [4.69, 9.17) is 0 Å². The minimum atomic E-state index is -6.15. The summed E-state index contributed by atoms with van der Waals surface area (Å²) in [5.41, 5.74) is -4.02. The van der Waals surface area contributed by atoms with E-state index in [1.54, 1.807) is 0 Å². The Morgan fingerprint density at radius 2 is 0.667 bits per heavy atom. The average Bonchev–Trinajstić information content (AvgIpc) is 3.01. The van der Waals surface area contributed by atoms with Gasteiger partial charge in [-0.2, -0.15) is 43.9 Å². The first-order valence-electron chi connectivity index (χ1n) is 10.9. The summed E-state index contributed by atoms with van der Waals surface area (Å²) >= 11 is 0. The fourth-order valence-electron chi connectivity index (χ4n) is 4.10. The minimum absolute atomic E-state index is 0.0293. The van der Waals surface area contributed by atoms with Crippen LogP contribution in [-0.4, -0.2) is 76.9 Å². The van der Waals surface area contributed by atoms with Crippen molar-refractivity contribution < 1.29 is 103 Å². The van der Waals surface area contributed by atoms with Gasteiger partial charge in [-0.1, -0.05) is 0 Å². The van der Waals surface area contributed by atoms with Crippen LogP contribution in [0.3, 0.4) is 0 Å². The van der Waals surface area contributed by atoms with Crippen molar-refractivity contribution in [2.24, 2.45) is 0 Å². The molecule has 4 aliphatic rings. The lowest BCUT2D eigenvalue weighted by Crippen LogP contribution is -2.78. The molecule has 0 aromatic rings. The standard InChI is InChI=1S/C11H11F9O2.C8H6F8O4/c1-5(12)4-8(15,16)9(17,18)10(19,20)11(5)21-6(2,13)7(3,14)22-11;1-3(9)4(2,10)18-5(17-3)6(11,12)19-8(15,16)20-7(5,13)14/h4H2,1-3H3;1-2H3. The highest BCUT2D eigenvalue weighted by Crippen LogP contribution is 2.68. The second-order valence-corrected chi connectivity index (χ2v) is 10.2. The molecule has 1 aliphatic carbocycles. The van der Waals surface area contributed by atoms with E-state index in [9.17, 15) is 74.6 Å². The van der Waals surface area contributed by atoms with Gasteiger partial charge in [0, 0.05) is 27.7 Å². The Balaban J connectivity index is 0.000000231. The Labute approximate surface area is 222 Å². The van der Waals surface area contributed by atoms with Gasteiger partial charge in [-0.25, -0.2) is 31.4 Å². The van der Waals surface area contributed by atoms with Crippen LogP contribution in [-0.2, 0) is 28.4 Å². The van der Waals surface area contributed by atoms with Crippen molar-refractivity contribution in [3.63, 3.8) is 0 Å². The lowest BCUT2D eigenvalue weighted by atomic mass is 9.74. The maximum absolute atomic E-state index is 14.4. The van der Waals surface area contributed by atoms with Crippen LogP contribution >= 0.6 is 0 Å². The molecule has 248 valence electrons. The number of rotatable bonds is 0. The zero-order valence-corrected chi connectivity index (χ0v) is 21.1. The summed E-state index contributed by atoms with van der Waals surface area (Å²) in [4.78, 5) is 0. The van der Waals surface area contributed by atoms with Gasteiger partial charge >= 0.3 is 42.1 Å². The van der Waals surface area contributed by atoms with E-state index in [0.29, 0.717) is 0 Å². The summed E-state index contributed by atoms with van der Waals surface area (Å²) < 4.78 is 249. The molecule has 0 radical (unpaired) electrons. The molecule has 0 bridgehead atoms. The summed E-state index contributed by atoms with van der Waals surface area (Å²) in [7, 11) is 0. The smallest absolute Gasteiger partial charge is 0.300 e. The first kappa shape index (κ1) is 35.1. The van der Waals surface area contributed by atoms with Crippen LogP contribution in [0, 0.1) is 0 Å². The Morgan fingerprint density at radius 1 is 0.381 bits per heavy atom.